The van der Waals surface area contributed by atoms with Crippen molar-refractivity contribution < 1.29 is 9.59 Å². The second-order valence-corrected chi connectivity index (χ2v) is 7.49. The van der Waals surface area contributed by atoms with E-state index in [-0.39, 0.29) is 17.9 Å². The lowest BCUT2D eigenvalue weighted by molar-refractivity contribution is -0.121. The van der Waals surface area contributed by atoms with Crippen molar-refractivity contribution in [2.75, 3.05) is 42.7 Å². The Balaban J connectivity index is 1.63. The smallest absolute Gasteiger partial charge is 0.321 e. The maximum atomic E-state index is 12.8. The van der Waals surface area contributed by atoms with Crippen molar-refractivity contribution in [3.63, 3.8) is 0 Å². The summed E-state index contributed by atoms with van der Waals surface area (Å²) in [7, 11) is 3.89. The monoisotopic (exact) mass is 380 g/mol. The lowest BCUT2D eigenvalue weighted by Crippen LogP contribution is -2.45. The first-order chi connectivity index (χ1) is 13.4. The van der Waals surface area contributed by atoms with Crippen molar-refractivity contribution in [3.05, 3.63) is 54.1 Å². The van der Waals surface area contributed by atoms with Crippen LogP contribution in [0.3, 0.4) is 0 Å². The van der Waals surface area contributed by atoms with Crippen LogP contribution >= 0.6 is 0 Å². The summed E-state index contributed by atoms with van der Waals surface area (Å²) < 4.78 is 0. The van der Waals surface area contributed by atoms with E-state index >= 15 is 0 Å². The molecule has 1 aliphatic heterocycles. The highest BCUT2D eigenvalue weighted by molar-refractivity contribution is 5.96. The number of carbonyl (C=O) groups excluding carboxylic acids is 2. The number of carbonyl (C=O) groups is 2. The summed E-state index contributed by atoms with van der Waals surface area (Å²) in [6.07, 6.45) is 1.60. The summed E-state index contributed by atoms with van der Waals surface area (Å²) in [5, 5.41) is 5.97. The lowest BCUT2D eigenvalue weighted by Gasteiger charge is -2.32. The first-order valence-electron chi connectivity index (χ1n) is 9.64. The lowest BCUT2D eigenvalue weighted by atomic mass is 9.97. The van der Waals surface area contributed by atoms with Gasteiger partial charge in [0, 0.05) is 32.9 Å². The largest absolute Gasteiger partial charge is 0.376 e. The molecular weight excluding hydrogens is 352 g/mol. The van der Waals surface area contributed by atoms with Crippen molar-refractivity contribution in [3.8, 4) is 0 Å². The van der Waals surface area contributed by atoms with Crippen LogP contribution in [0.25, 0.3) is 0 Å². The van der Waals surface area contributed by atoms with E-state index in [1.54, 1.807) is 4.90 Å². The summed E-state index contributed by atoms with van der Waals surface area (Å²) in [6.45, 7) is 3.08. The fourth-order valence-corrected chi connectivity index (χ4v) is 3.51. The third kappa shape index (κ3) is 4.82. The van der Waals surface area contributed by atoms with Gasteiger partial charge in [0.05, 0.1) is 17.3 Å². The summed E-state index contributed by atoms with van der Waals surface area (Å²) in [5.74, 6) is -0.255. The molecule has 6 nitrogen and oxygen atoms in total. The molecule has 2 N–H and O–H groups in total. The number of amides is 3. The number of rotatable bonds is 4. The first-order valence-corrected chi connectivity index (χ1v) is 9.64. The fraction of sp³-hybridized carbons (Fsp3) is 0.364. The van der Waals surface area contributed by atoms with Crippen LogP contribution < -0.4 is 15.5 Å². The Kier molecular flexibility index (Phi) is 6.19. The van der Waals surface area contributed by atoms with E-state index in [9.17, 15) is 9.59 Å². The summed E-state index contributed by atoms with van der Waals surface area (Å²) >= 11 is 0. The quantitative estimate of drug-likeness (QED) is 0.844. The van der Waals surface area contributed by atoms with Gasteiger partial charge in [-0.25, -0.2) is 4.79 Å². The number of piperidine rings is 1. The van der Waals surface area contributed by atoms with Gasteiger partial charge < -0.3 is 20.4 Å². The number of nitrogens with zero attached hydrogens (tertiary/aromatic N) is 2. The van der Waals surface area contributed by atoms with E-state index in [0.29, 0.717) is 13.1 Å². The van der Waals surface area contributed by atoms with Crippen molar-refractivity contribution in [2.24, 2.45) is 5.92 Å². The zero-order chi connectivity index (χ0) is 20.1. The molecule has 3 amide bonds. The molecule has 2 aromatic rings. The molecule has 28 heavy (non-hydrogen) atoms. The predicted molar refractivity (Wildman–Crippen MR) is 114 cm³/mol. The van der Waals surface area contributed by atoms with Gasteiger partial charge in [0.25, 0.3) is 0 Å². The van der Waals surface area contributed by atoms with Crippen LogP contribution in [0.2, 0.25) is 0 Å². The molecule has 1 aliphatic rings. The van der Waals surface area contributed by atoms with Gasteiger partial charge in [0.2, 0.25) is 5.91 Å². The second-order valence-electron chi connectivity index (χ2n) is 7.49. The van der Waals surface area contributed by atoms with E-state index in [1.165, 1.54) is 0 Å². The molecule has 1 unspecified atom stereocenters. The minimum Gasteiger partial charge on any atom is -0.376 e. The SMILES string of the molecule is Cc1cccc(NC(=O)N2CCCC(C(=O)Nc3ccccc3N(C)C)C2)c1. The molecule has 1 saturated heterocycles. The summed E-state index contributed by atoms with van der Waals surface area (Å²) in [6, 6.07) is 15.3. The van der Waals surface area contributed by atoms with Crippen molar-refractivity contribution in [2.45, 2.75) is 19.8 Å². The molecule has 0 spiro atoms. The van der Waals surface area contributed by atoms with Crippen LogP contribution in [0, 0.1) is 12.8 Å². The minimum absolute atomic E-state index is 0.0395. The third-order valence-corrected chi connectivity index (χ3v) is 4.99. The molecule has 1 fully saturated rings. The average molecular weight is 380 g/mol. The van der Waals surface area contributed by atoms with E-state index in [2.05, 4.69) is 10.6 Å². The van der Waals surface area contributed by atoms with Crippen LogP contribution in [0.15, 0.2) is 48.5 Å². The zero-order valence-corrected chi connectivity index (χ0v) is 16.7. The average Bonchev–Trinajstić information content (AvgIpc) is 2.68. The molecule has 2 aromatic carbocycles. The minimum atomic E-state index is -0.216. The van der Waals surface area contributed by atoms with Crippen LogP contribution in [-0.2, 0) is 4.79 Å². The number of likely N-dealkylation sites (tertiary alicyclic amines) is 1. The number of hydrogen-bond acceptors (Lipinski definition) is 3. The topological polar surface area (TPSA) is 64.7 Å². The van der Waals surface area contributed by atoms with Gasteiger partial charge in [-0.2, -0.15) is 0 Å². The van der Waals surface area contributed by atoms with Crippen molar-refractivity contribution in [1.82, 2.24) is 4.90 Å². The number of benzene rings is 2. The standard InChI is InChI=1S/C22H28N4O2/c1-16-8-6-10-18(14-16)23-22(28)26-13-7-9-17(15-26)21(27)24-19-11-4-5-12-20(19)25(2)3/h4-6,8,10-12,14,17H,7,9,13,15H2,1-3H3,(H,23,28)(H,24,27). The zero-order valence-electron chi connectivity index (χ0n) is 16.7. The summed E-state index contributed by atoms with van der Waals surface area (Å²) in [5.41, 5.74) is 3.62. The van der Waals surface area contributed by atoms with Crippen LogP contribution in [0.4, 0.5) is 21.9 Å². The van der Waals surface area contributed by atoms with E-state index < -0.39 is 0 Å². The van der Waals surface area contributed by atoms with Crippen LogP contribution in [-0.4, -0.2) is 44.0 Å². The predicted octanol–water partition coefficient (Wildman–Crippen LogP) is 3.94. The second kappa shape index (κ2) is 8.78. The highest BCUT2D eigenvalue weighted by Crippen LogP contribution is 2.26. The normalized spacial score (nSPS) is 16.4. The van der Waals surface area contributed by atoms with Gasteiger partial charge in [-0.3, -0.25) is 4.79 Å². The highest BCUT2D eigenvalue weighted by atomic mass is 16.2. The van der Waals surface area contributed by atoms with Crippen molar-refractivity contribution in [1.29, 1.82) is 0 Å². The molecule has 148 valence electrons. The first kappa shape index (κ1) is 19.7. The highest BCUT2D eigenvalue weighted by Gasteiger charge is 2.29. The maximum Gasteiger partial charge on any atom is 0.321 e. The molecule has 3 rings (SSSR count). The number of anilines is 3. The molecule has 6 heteroatoms. The van der Waals surface area contributed by atoms with Crippen LogP contribution in [0.5, 0.6) is 0 Å². The van der Waals surface area contributed by atoms with E-state index in [1.807, 2.05) is 74.4 Å². The Morgan fingerprint density at radius 2 is 1.86 bits per heavy atom. The number of urea groups is 1. The number of para-hydroxylation sites is 2. The Morgan fingerprint density at radius 3 is 2.61 bits per heavy atom. The van der Waals surface area contributed by atoms with Gasteiger partial charge in [-0.1, -0.05) is 24.3 Å². The molecule has 0 aromatic heterocycles. The van der Waals surface area contributed by atoms with Gasteiger partial charge in [-0.05, 0) is 49.6 Å². The number of nitrogens with one attached hydrogen (secondary N) is 2. The van der Waals surface area contributed by atoms with Crippen LogP contribution in [0.1, 0.15) is 18.4 Å². The molecule has 0 radical (unpaired) electrons. The summed E-state index contributed by atoms with van der Waals surface area (Å²) in [4.78, 5) is 29.2. The molecule has 0 saturated carbocycles. The molecule has 1 heterocycles. The van der Waals surface area contributed by atoms with Gasteiger partial charge in [0.1, 0.15) is 0 Å². The number of aryl methyl sites for hydroxylation is 1. The Labute approximate surface area is 166 Å². The Hall–Kier alpha value is -3.02. The Morgan fingerprint density at radius 1 is 1.07 bits per heavy atom. The van der Waals surface area contributed by atoms with Gasteiger partial charge in [-0.15, -0.1) is 0 Å². The maximum absolute atomic E-state index is 12.8. The molecular formula is C22H28N4O2. The molecule has 1 atom stereocenters. The molecule has 0 aliphatic carbocycles. The molecule has 0 bridgehead atoms. The number of hydrogen-bond donors (Lipinski definition) is 2. The third-order valence-electron chi connectivity index (χ3n) is 4.99. The fourth-order valence-electron chi connectivity index (χ4n) is 3.51. The van der Waals surface area contributed by atoms with E-state index in [4.69, 9.17) is 0 Å². The van der Waals surface area contributed by atoms with Gasteiger partial charge in [0.15, 0.2) is 0 Å². The van der Waals surface area contributed by atoms with E-state index in [0.717, 1.165) is 35.5 Å². The Bertz CT molecular complexity index is 850. The van der Waals surface area contributed by atoms with Gasteiger partial charge >= 0.3 is 6.03 Å². The van der Waals surface area contributed by atoms with Crippen molar-refractivity contribution >= 4 is 29.0 Å².